The van der Waals surface area contributed by atoms with Gasteiger partial charge < -0.3 is 26.2 Å². The van der Waals surface area contributed by atoms with Gasteiger partial charge in [0.15, 0.2) is 0 Å². The number of carbonyl (C=O) groups is 2. The molecule has 5 N–H and O–H groups in total. The lowest BCUT2D eigenvalue weighted by Crippen LogP contribution is -2.56. The Kier molecular flexibility index (Phi) is 6.62. The van der Waals surface area contributed by atoms with Crippen LogP contribution in [0.4, 0.5) is 10.5 Å². The van der Waals surface area contributed by atoms with Gasteiger partial charge in [-0.05, 0) is 55.2 Å². The van der Waals surface area contributed by atoms with Crippen LogP contribution in [0.5, 0.6) is 11.5 Å². The van der Waals surface area contributed by atoms with E-state index in [0.29, 0.717) is 22.7 Å². The normalized spacial score (nSPS) is 15.7. The summed E-state index contributed by atoms with van der Waals surface area (Å²) in [6, 6.07) is 13.2. The molecular weight excluding hydrogens is 382 g/mol. The van der Waals surface area contributed by atoms with Crippen molar-refractivity contribution < 1.29 is 19.4 Å². The second-order valence-corrected chi connectivity index (χ2v) is 8.18. The minimum absolute atomic E-state index is 0.0783. The highest BCUT2D eigenvalue weighted by molar-refractivity contribution is 5.95. The maximum absolute atomic E-state index is 12.5. The molecule has 1 saturated carbocycles. The van der Waals surface area contributed by atoms with Gasteiger partial charge in [-0.1, -0.05) is 32.4 Å². The molecule has 1 fully saturated rings. The maximum atomic E-state index is 12.5. The summed E-state index contributed by atoms with van der Waals surface area (Å²) in [5.41, 5.74) is 6.06. The number of ether oxygens (including phenoxy) is 1. The van der Waals surface area contributed by atoms with Crippen LogP contribution in [0.3, 0.4) is 0 Å². The fourth-order valence-corrected chi connectivity index (χ4v) is 4.03. The summed E-state index contributed by atoms with van der Waals surface area (Å²) in [6.07, 6.45) is 2.92. The van der Waals surface area contributed by atoms with Crippen molar-refractivity contribution in [3.63, 3.8) is 0 Å². The van der Waals surface area contributed by atoms with E-state index in [2.05, 4.69) is 24.5 Å². The van der Waals surface area contributed by atoms with Crippen LogP contribution in [-0.4, -0.2) is 29.7 Å². The van der Waals surface area contributed by atoms with Crippen LogP contribution in [0, 0.1) is 11.3 Å². The molecule has 0 heterocycles. The summed E-state index contributed by atoms with van der Waals surface area (Å²) in [5, 5.41) is 15.7. The number of carbonyl (C=O) groups excluding carboxylic acids is 2. The quantitative estimate of drug-likeness (QED) is 0.528. The smallest absolute Gasteiger partial charge is 0.319 e. The number of anilines is 1. The monoisotopic (exact) mass is 411 g/mol. The molecule has 0 radical (unpaired) electrons. The number of aliphatic hydroxyl groups excluding tert-OH is 1. The zero-order chi connectivity index (χ0) is 21.7. The standard InChI is InChI=1S/C23H29N3O4/c1-15(2)20(23(14-27)12-5-13-23)26-22(29)25-16-8-10-17(11-9-16)30-19-7-4-3-6-18(19)21(24)28/h3-4,6-11,15,20,27H,5,12-14H2,1-2H3,(H2,24,28)(H2,25,26,29). The molecule has 2 aromatic carbocycles. The third kappa shape index (κ3) is 4.74. The fourth-order valence-electron chi connectivity index (χ4n) is 4.03. The Morgan fingerprint density at radius 3 is 2.33 bits per heavy atom. The van der Waals surface area contributed by atoms with E-state index >= 15 is 0 Å². The Bertz CT molecular complexity index is 886. The number of primary amides is 1. The zero-order valence-electron chi connectivity index (χ0n) is 17.4. The summed E-state index contributed by atoms with van der Waals surface area (Å²) in [5.74, 6) is 0.540. The molecule has 7 heteroatoms. The largest absolute Gasteiger partial charge is 0.457 e. The Balaban J connectivity index is 1.63. The highest BCUT2D eigenvalue weighted by Gasteiger charge is 2.45. The molecule has 1 aliphatic carbocycles. The molecule has 0 aromatic heterocycles. The van der Waals surface area contributed by atoms with Crippen molar-refractivity contribution in [3.05, 3.63) is 54.1 Å². The average Bonchev–Trinajstić information content (AvgIpc) is 2.68. The van der Waals surface area contributed by atoms with E-state index in [-0.39, 0.29) is 30.0 Å². The van der Waals surface area contributed by atoms with Gasteiger partial charge in [0, 0.05) is 17.1 Å². The number of urea groups is 1. The number of hydrogen-bond acceptors (Lipinski definition) is 4. The minimum Gasteiger partial charge on any atom is -0.457 e. The lowest BCUT2D eigenvalue weighted by molar-refractivity contribution is -0.00447. The van der Waals surface area contributed by atoms with E-state index < -0.39 is 5.91 Å². The van der Waals surface area contributed by atoms with Crippen molar-refractivity contribution in [2.75, 3.05) is 11.9 Å². The summed E-state index contributed by atoms with van der Waals surface area (Å²) in [7, 11) is 0. The van der Waals surface area contributed by atoms with Crippen LogP contribution in [0.2, 0.25) is 0 Å². The first-order valence-electron chi connectivity index (χ1n) is 10.2. The SMILES string of the molecule is CC(C)C(NC(=O)Nc1ccc(Oc2ccccc2C(N)=O)cc1)C1(CO)CCC1. The van der Waals surface area contributed by atoms with Crippen LogP contribution in [0.25, 0.3) is 0 Å². The van der Waals surface area contributed by atoms with E-state index in [4.69, 9.17) is 10.5 Å². The molecule has 30 heavy (non-hydrogen) atoms. The molecule has 1 unspecified atom stereocenters. The van der Waals surface area contributed by atoms with Crippen molar-refractivity contribution in [1.29, 1.82) is 0 Å². The second-order valence-electron chi connectivity index (χ2n) is 8.18. The van der Waals surface area contributed by atoms with Crippen LogP contribution >= 0.6 is 0 Å². The molecule has 3 amide bonds. The first-order chi connectivity index (χ1) is 14.3. The molecule has 7 nitrogen and oxygen atoms in total. The molecule has 1 atom stereocenters. The molecule has 0 saturated heterocycles. The number of amides is 3. The Morgan fingerprint density at radius 2 is 1.80 bits per heavy atom. The summed E-state index contributed by atoms with van der Waals surface area (Å²) < 4.78 is 5.75. The van der Waals surface area contributed by atoms with E-state index in [1.54, 1.807) is 48.5 Å². The average molecular weight is 412 g/mol. The van der Waals surface area contributed by atoms with E-state index in [9.17, 15) is 14.7 Å². The van der Waals surface area contributed by atoms with Gasteiger partial charge in [0.1, 0.15) is 11.5 Å². The van der Waals surface area contributed by atoms with Gasteiger partial charge >= 0.3 is 6.03 Å². The number of nitrogens with two attached hydrogens (primary N) is 1. The van der Waals surface area contributed by atoms with Gasteiger partial charge in [0.25, 0.3) is 5.91 Å². The zero-order valence-corrected chi connectivity index (χ0v) is 17.4. The molecule has 0 bridgehead atoms. The number of hydrogen-bond donors (Lipinski definition) is 4. The highest BCUT2D eigenvalue weighted by atomic mass is 16.5. The maximum Gasteiger partial charge on any atom is 0.319 e. The van der Waals surface area contributed by atoms with Crippen LogP contribution in [0.1, 0.15) is 43.5 Å². The van der Waals surface area contributed by atoms with Crippen molar-refractivity contribution in [1.82, 2.24) is 5.32 Å². The minimum atomic E-state index is -0.563. The number of nitrogens with one attached hydrogen (secondary N) is 2. The topological polar surface area (TPSA) is 114 Å². The van der Waals surface area contributed by atoms with E-state index in [1.807, 2.05) is 0 Å². The van der Waals surface area contributed by atoms with Crippen LogP contribution in [-0.2, 0) is 0 Å². The highest BCUT2D eigenvalue weighted by Crippen LogP contribution is 2.45. The summed E-state index contributed by atoms with van der Waals surface area (Å²) in [6.45, 7) is 4.18. The fraction of sp³-hybridized carbons (Fsp3) is 0.391. The van der Waals surface area contributed by atoms with Crippen LogP contribution < -0.4 is 21.1 Å². The van der Waals surface area contributed by atoms with E-state index in [1.165, 1.54) is 0 Å². The predicted octanol–water partition coefficient (Wildman–Crippen LogP) is 3.89. The Hall–Kier alpha value is -3.06. The van der Waals surface area contributed by atoms with Gasteiger partial charge in [-0.3, -0.25) is 4.79 Å². The van der Waals surface area contributed by atoms with Crippen molar-refractivity contribution in [2.45, 2.75) is 39.2 Å². The van der Waals surface area contributed by atoms with Gasteiger partial charge in [-0.2, -0.15) is 0 Å². The van der Waals surface area contributed by atoms with E-state index in [0.717, 1.165) is 19.3 Å². The molecule has 1 aliphatic rings. The molecule has 160 valence electrons. The molecule has 0 aliphatic heterocycles. The first-order valence-corrected chi connectivity index (χ1v) is 10.2. The lowest BCUT2D eigenvalue weighted by Gasteiger charge is -2.48. The number of benzene rings is 2. The van der Waals surface area contributed by atoms with Gasteiger partial charge in [0.2, 0.25) is 0 Å². The number of para-hydroxylation sites is 1. The summed E-state index contributed by atoms with van der Waals surface area (Å²) in [4.78, 5) is 24.1. The molecule has 2 aromatic rings. The van der Waals surface area contributed by atoms with Crippen molar-refractivity contribution >= 4 is 17.6 Å². The summed E-state index contributed by atoms with van der Waals surface area (Å²) >= 11 is 0. The second kappa shape index (κ2) is 9.17. The predicted molar refractivity (Wildman–Crippen MR) is 116 cm³/mol. The number of aliphatic hydroxyl groups is 1. The molecule has 0 spiro atoms. The number of rotatable bonds is 8. The van der Waals surface area contributed by atoms with Crippen molar-refractivity contribution in [2.24, 2.45) is 17.1 Å². The third-order valence-corrected chi connectivity index (χ3v) is 5.77. The Labute approximate surface area is 176 Å². The Morgan fingerprint density at radius 1 is 1.13 bits per heavy atom. The first kappa shape index (κ1) is 21.6. The van der Waals surface area contributed by atoms with Crippen LogP contribution in [0.15, 0.2) is 48.5 Å². The van der Waals surface area contributed by atoms with Gasteiger partial charge in [0.05, 0.1) is 12.2 Å². The third-order valence-electron chi connectivity index (χ3n) is 5.77. The molecular formula is C23H29N3O4. The molecule has 3 rings (SSSR count). The lowest BCUT2D eigenvalue weighted by atomic mass is 9.62. The van der Waals surface area contributed by atoms with Gasteiger partial charge in [-0.15, -0.1) is 0 Å². The van der Waals surface area contributed by atoms with Crippen molar-refractivity contribution in [3.8, 4) is 11.5 Å². The van der Waals surface area contributed by atoms with Gasteiger partial charge in [-0.25, -0.2) is 4.79 Å².